The molecule has 0 aromatic heterocycles. The number of thiocarbonyl (C=S) groups is 1. The molecule has 3 nitrogen and oxygen atoms in total. The lowest BCUT2D eigenvalue weighted by molar-refractivity contribution is 0.216. The van der Waals surface area contributed by atoms with Crippen molar-refractivity contribution in [2.24, 2.45) is 0 Å². The fraction of sp³-hybridized carbons (Fsp3) is 0.562. The Balaban J connectivity index is 1.69. The molecule has 20 heavy (non-hydrogen) atoms. The summed E-state index contributed by atoms with van der Waals surface area (Å²) < 4.78 is 0. The van der Waals surface area contributed by atoms with Crippen LogP contribution < -0.4 is 10.6 Å². The molecule has 1 heterocycles. The molecule has 1 aromatic carbocycles. The summed E-state index contributed by atoms with van der Waals surface area (Å²) >= 11 is 5.38. The van der Waals surface area contributed by atoms with Crippen LogP contribution in [0.25, 0.3) is 0 Å². The van der Waals surface area contributed by atoms with Crippen LogP contribution in [-0.4, -0.2) is 35.7 Å². The first kappa shape index (κ1) is 15.3. The molecule has 0 amide bonds. The number of nitrogens with one attached hydrogen (secondary N) is 2. The summed E-state index contributed by atoms with van der Waals surface area (Å²) in [6.45, 7) is 8.62. The third-order valence-corrected chi connectivity index (χ3v) is 4.21. The molecule has 0 spiro atoms. The summed E-state index contributed by atoms with van der Waals surface area (Å²) in [5, 5.41) is 7.51. The van der Waals surface area contributed by atoms with Gasteiger partial charge in [0.1, 0.15) is 0 Å². The second kappa shape index (κ2) is 7.60. The van der Waals surface area contributed by atoms with Crippen molar-refractivity contribution in [3.05, 3.63) is 35.4 Å². The Morgan fingerprint density at radius 3 is 2.50 bits per heavy atom. The van der Waals surface area contributed by atoms with E-state index in [1.54, 1.807) is 0 Å². The van der Waals surface area contributed by atoms with Crippen LogP contribution in [0.1, 0.15) is 30.9 Å². The number of nitrogens with zero attached hydrogens (tertiary/aromatic N) is 1. The lowest BCUT2D eigenvalue weighted by atomic mass is 10.1. The lowest BCUT2D eigenvalue weighted by Gasteiger charge is -2.32. The van der Waals surface area contributed by atoms with E-state index < -0.39 is 0 Å². The molecule has 1 aromatic rings. The van der Waals surface area contributed by atoms with E-state index >= 15 is 0 Å². The van der Waals surface area contributed by atoms with E-state index in [0.717, 1.165) is 18.2 Å². The first-order valence-corrected chi connectivity index (χ1v) is 7.90. The minimum Gasteiger partial charge on any atom is -0.360 e. The monoisotopic (exact) mass is 291 g/mol. The van der Waals surface area contributed by atoms with Crippen molar-refractivity contribution in [3.63, 3.8) is 0 Å². The predicted molar refractivity (Wildman–Crippen MR) is 88.9 cm³/mol. The second-order valence-electron chi connectivity index (χ2n) is 5.52. The Labute approximate surface area is 127 Å². The third-order valence-electron chi connectivity index (χ3n) is 3.94. The molecule has 2 N–H and O–H groups in total. The molecule has 1 aliphatic heterocycles. The van der Waals surface area contributed by atoms with Gasteiger partial charge in [0.25, 0.3) is 0 Å². The Bertz CT molecular complexity index is 422. The molecule has 1 aliphatic rings. The van der Waals surface area contributed by atoms with E-state index in [-0.39, 0.29) is 0 Å². The predicted octanol–water partition coefficient (Wildman–Crippen LogP) is 2.44. The van der Waals surface area contributed by atoms with Gasteiger partial charge in [-0.05, 0) is 44.1 Å². The zero-order valence-corrected chi connectivity index (χ0v) is 13.3. The van der Waals surface area contributed by atoms with Crippen LogP contribution in [-0.2, 0) is 6.54 Å². The summed E-state index contributed by atoms with van der Waals surface area (Å²) in [4.78, 5) is 2.49. The minimum atomic E-state index is 0.524. The number of rotatable bonds is 4. The first-order chi connectivity index (χ1) is 9.67. The van der Waals surface area contributed by atoms with Crippen LogP contribution in [0.2, 0.25) is 0 Å². The van der Waals surface area contributed by atoms with Gasteiger partial charge in [-0.15, -0.1) is 0 Å². The fourth-order valence-electron chi connectivity index (χ4n) is 2.52. The van der Waals surface area contributed by atoms with E-state index in [0.29, 0.717) is 6.04 Å². The largest absolute Gasteiger partial charge is 0.360 e. The zero-order chi connectivity index (χ0) is 14.4. The SMILES string of the molecule is CCN1CCC(NC(=S)NCc2ccc(C)cc2)CC1. The number of benzene rings is 1. The summed E-state index contributed by atoms with van der Waals surface area (Å²) in [6, 6.07) is 9.08. The topological polar surface area (TPSA) is 27.3 Å². The van der Waals surface area contributed by atoms with Gasteiger partial charge >= 0.3 is 0 Å². The third kappa shape index (κ3) is 4.76. The van der Waals surface area contributed by atoms with E-state index in [1.165, 1.54) is 37.1 Å². The number of hydrogen-bond donors (Lipinski definition) is 2. The number of aryl methyl sites for hydroxylation is 1. The highest BCUT2D eigenvalue weighted by molar-refractivity contribution is 7.80. The van der Waals surface area contributed by atoms with Gasteiger partial charge in [0, 0.05) is 25.7 Å². The maximum atomic E-state index is 5.38. The van der Waals surface area contributed by atoms with Crippen LogP contribution in [0.15, 0.2) is 24.3 Å². The van der Waals surface area contributed by atoms with Gasteiger partial charge in [0.2, 0.25) is 0 Å². The van der Waals surface area contributed by atoms with E-state index in [4.69, 9.17) is 12.2 Å². The van der Waals surface area contributed by atoms with Crippen LogP contribution in [0.3, 0.4) is 0 Å². The van der Waals surface area contributed by atoms with E-state index in [1.807, 2.05) is 0 Å². The highest BCUT2D eigenvalue weighted by atomic mass is 32.1. The molecule has 1 fully saturated rings. The van der Waals surface area contributed by atoms with Gasteiger partial charge < -0.3 is 15.5 Å². The molecular weight excluding hydrogens is 266 g/mol. The molecule has 1 saturated heterocycles. The Morgan fingerprint density at radius 1 is 1.25 bits per heavy atom. The Hall–Kier alpha value is -1.13. The van der Waals surface area contributed by atoms with Crippen molar-refractivity contribution >= 4 is 17.3 Å². The Kier molecular flexibility index (Phi) is 5.80. The summed E-state index contributed by atoms with van der Waals surface area (Å²) in [5.74, 6) is 0. The number of hydrogen-bond acceptors (Lipinski definition) is 2. The van der Waals surface area contributed by atoms with Crippen molar-refractivity contribution in [1.29, 1.82) is 0 Å². The van der Waals surface area contributed by atoms with Crippen LogP contribution in [0.4, 0.5) is 0 Å². The van der Waals surface area contributed by atoms with Crippen molar-refractivity contribution < 1.29 is 0 Å². The average molecular weight is 291 g/mol. The van der Waals surface area contributed by atoms with Gasteiger partial charge in [0.05, 0.1) is 0 Å². The smallest absolute Gasteiger partial charge is 0.166 e. The molecule has 0 aliphatic carbocycles. The summed E-state index contributed by atoms with van der Waals surface area (Å²) in [6.07, 6.45) is 2.36. The molecule has 0 atom stereocenters. The van der Waals surface area contributed by atoms with Crippen molar-refractivity contribution in [2.45, 2.75) is 39.3 Å². The molecule has 0 saturated carbocycles. The fourth-order valence-corrected chi connectivity index (χ4v) is 2.76. The molecule has 0 unspecified atom stereocenters. The molecule has 110 valence electrons. The second-order valence-corrected chi connectivity index (χ2v) is 5.93. The highest BCUT2D eigenvalue weighted by Crippen LogP contribution is 2.09. The van der Waals surface area contributed by atoms with Crippen molar-refractivity contribution in [1.82, 2.24) is 15.5 Å². The molecule has 2 rings (SSSR count). The zero-order valence-electron chi connectivity index (χ0n) is 12.5. The quantitative estimate of drug-likeness (QED) is 0.833. The van der Waals surface area contributed by atoms with Gasteiger partial charge in [-0.2, -0.15) is 0 Å². The van der Waals surface area contributed by atoms with Gasteiger partial charge in [-0.3, -0.25) is 0 Å². The minimum absolute atomic E-state index is 0.524. The molecule has 0 radical (unpaired) electrons. The van der Waals surface area contributed by atoms with Crippen molar-refractivity contribution in [2.75, 3.05) is 19.6 Å². The average Bonchev–Trinajstić information content (AvgIpc) is 2.47. The first-order valence-electron chi connectivity index (χ1n) is 7.49. The molecule has 0 bridgehead atoms. The van der Waals surface area contributed by atoms with Gasteiger partial charge in [-0.25, -0.2) is 0 Å². The lowest BCUT2D eigenvalue weighted by Crippen LogP contribution is -2.47. The summed E-state index contributed by atoms with van der Waals surface area (Å²) in [5.41, 5.74) is 2.55. The van der Waals surface area contributed by atoms with Crippen LogP contribution in [0.5, 0.6) is 0 Å². The van der Waals surface area contributed by atoms with Gasteiger partial charge in [0.15, 0.2) is 5.11 Å². The number of piperidine rings is 1. The van der Waals surface area contributed by atoms with Crippen LogP contribution in [0, 0.1) is 6.92 Å². The maximum Gasteiger partial charge on any atom is 0.166 e. The van der Waals surface area contributed by atoms with E-state index in [9.17, 15) is 0 Å². The van der Waals surface area contributed by atoms with Crippen molar-refractivity contribution in [3.8, 4) is 0 Å². The normalized spacial score (nSPS) is 16.9. The molecular formula is C16H25N3S. The standard InChI is InChI=1S/C16H25N3S/c1-3-19-10-8-15(9-11-19)18-16(20)17-12-14-6-4-13(2)5-7-14/h4-7,15H,3,8-12H2,1-2H3,(H2,17,18,20). The van der Waals surface area contributed by atoms with E-state index in [2.05, 4.69) is 53.6 Å². The number of likely N-dealkylation sites (tertiary alicyclic amines) is 1. The highest BCUT2D eigenvalue weighted by Gasteiger charge is 2.18. The van der Waals surface area contributed by atoms with Gasteiger partial charge in [-0.1, -0.05) is 36.8 Å². The summed E-state index contributed by atoms with van der Waals surface area (Å²) in [7, 11) is 0. The van der Waals surface area contributed by atoms with Crippen LogP contribution >= 0.6 is 12.2 Å². The molecule has 4 heteroatoms. The Morgan fingerprint density at radius 2 is 1.90 bits per heavy atom. The maximum absolute atomic E-state index is 5.38.